The Kier molecular flexibility index (Phi) is 3.19. The molecule has 1 fully saturated rings. The van der Waals surface area contributed by atoms with Crippen LogP contribution in [0.15, 0.2) is 12.2 Å². The summed E-state index contributed by atoms with van der Waals surface area (Å²) in [6.07, 6.45) is 7.53. The molecule has 2 unspecified atom stereocenters. The van der Waals surface area contributed by atoms with E-state index in [1.807, 2.05) is 6.08 Å². The highest BCUT2D eigenvalue weighted by Crippen LogP contribution is 2.34. The van der Waals surface area contributed by atoms with Crippen LogP contribution in [0.4, 0.5) is 0 Å². The summed E-state index contributed by atoms with van der Waals surface area (Å²) < 4.78 is 5.06. The molecule has 0 aromatic heterocycles. The predicted molar refractivity (Wildman–Crippen MR) is 55.2 cm³/mol. The van der Waals surface area contributed by atoms with Crippen LogP contribution in [0.25, 0.3) is 0 Å². The van der Waals surface area contributed by atoms with E-state index in [9.17, 15) is 9.59 Å². The third kappa shape index (κ3) is 2.46. The number of hydrogen-bond acceptors (Lipinski definition) is 3. The molecule has 15 heavy (non-hydrogen) atoms. The lowest BCUT2D eigenvalue weighted by atomic mass is 9.89. The van der Waals surface area contributed by atoms with Crippen LogP contribution >= 0.6 is 0 Å². The molecule has 1 saturated carbocycles. The highest BCUT2D eigenvalue weighted by atomic mass is 16.5. The third-order valence-corrected chi connectivity index (χ3v) is 3.28. The smallest absolute Gasteiger partial charge is 0.306 e. The van der Waals surface area contributed by atoms with Gasteiger partial charge in [-0.25, -0.2) is 0 Å². The average molecular weight is 208 g/mol. The van der Waals surface area contributed by atoms with Crippen molar-refractivity contribution in [2.75, 3.05) is 6.61 Å². The van der Waals surface area contributed by atoms with Crippen molar-refractivity contribution in [3.8, 4) is 0 Å². The average Bonchev–Trinajstić information content (AvgIpc) is 2.55. The number of esters is 1. The second kappa shape index (κ2) is 4.60. The van der Waals surface area contributed by atoms with E-state index in [1.54, 1.807) is 0 Å². The molecule has 3 heteroatoms. The second-order valence-electron chi connectivity index (χ2n) is 4.29. The van der Waals surface area contributed by atoms with Crippen LogP contribution in [0.3, 0.4) is 0 Å². The minimum absolute atomic E-state index is 0.0619. The van der Waals surface area contributed by atoms with Gasteiger partial charge < -0.3 is 4.74 Å². The van der Waals surface area contributed by atoms with Gasteiger partial charge in [-0.05, 0) is 25.2 Å². The summed E-state index contributed by atoms with van der Waals surface area (Å²) in [5.74, 6) is 0.452. The monoisotopic (exact) mass is 208 g/mol. The fraction of sp³-hybridized carbons (Fsp3) is 0.667. The van der Waals surface area contributed by atoms with Crippen molar-refractivity contribution in [3.05, 3.63) is 12.2 Å². The van der Waals surface area contributed by atoms with Gasteiger partial charge in [-0.15, -0.1) is 0 Å². The van der Waals surface area contributed by atoms with Gasteiger partial charge in [0.15, 0.2) is 0 Å². The maximum atomic E-state index is 11.6. The number of allylic oxidation sites excluding steroid dienone is 1. The quantitative estimate of drug-likeness (QED) is 0.451. The summed E-state index contributed by atoms with van der Waals surface area (Å²) in [6, 6.07) is 0. The van der Waals surface area contributed by atoms with Gasteiger partial charge in [-0.2, -0.15) is 0 Å². The molecule has 0 spiro atoms. The summed E-state index contributed by atoms with van der Waals surface area (Å²) >= 11 is 0. The van der Waals surface area contributed by atoms with Crippen LogP contribution in [-0.4, -0.2) is 18.4 Å². The highest BCUT2D eigenvalue weighted by Gasteiger charge is 2.35. The Bertz CT molecular complexity index is 293. The van der Waals surface area contributed by atoms with E-state index >= 15 is 0 Å². The zero-order valence-corrected chi connectivity index (χ0v) is 8.78. The number of hydrogen-bond donors (Lipinski definition) is 0. The molecule has 0 radical (unpaired) electrons. The number of carbonyl (C=O) groups excluding carboxylic acids is 2. The van der Waals surface area contributed by atoms with Crippen molar-refractivity contribution in [1.82, 2.24) is 0 Å². The van der Waals surface area contributed by atoms with E-state index in [4.69, 9.17) is 4.74 Å². The summed E-state index contributed by atoms with van der Waals surface area (Å²) in [7, 11) is 0. The molecule has 1 heterocycles. The van der Waals surface area contributed by atoms with E-state index < -0.39 is 0 Å². The molecule has 3 nitrogen and oxygen atoms in total. The van der Waals surface area contributed by atoms with E-state index in [0.29, 0.717) is 25.2 Å². The number of cyclic esters (lactones) is 1. The van der Waals surface area contributed by atoms with Gasteiger partial charge in [-0.3, -0.25) is 9.59 Å². The van der Waals surface area contributed by atoms with Gasteiger partial charge in [0, 0.05) is 18.8 Å². The topological polar surface area (TPSA) is 43.4 Å². The van der Waals surface area contributed by atoms with Gasteiger partial charge in [0.1, 0.15) is 5.78 Å². The molecule has 1 aliphatic heterocycles. The Hall–Kier alpha value is -1.12. The van der Waals surface area contributed by atoms with Crippen molar-refractivity contribution in [3.63, 3.8) is 0 Å². The van der Waals surface area contributed by atoms with Crippen LogP contribution < -0.4 is 0 Å². The minimum atomic E-state index is -0.144. The van der Waals surface area contributed by atoms with Crippen LogP contribution in [-0.2, 0) is 14.3 Å². The van der Waals surface area contributed by atoms with Crippen molar-refractivity contribution >= 4 is 11.8 Å². The first-order valence-corrected chi connectivity index (χ1v) is 5.60. The standard InChI is InChI=1S/C12H16O3/c13-11-6-5-9-8-12(14)15-7-3-1-2-4-10(9)11/h1-2,9-10H,3-8H2/b2-1+. The molecule has 1 aliphatic carbocycles. The zero-order chi connectivity index (χ0) is 10.7. The molecule has 0 N–H and O–H groups in total. The lowest BCUT2D eigenvalue weighted by Gasteiger charge is -2.17. The van der Waals surface area contributed by atoms with Crippen LogP contribution in [0.1, 0.15) is 32.1 Å². The van der Waals surface area contributed by atoms with Crippen molar-refractivity contribution < 1.29 is 14.3 Å². The lowest BCUT2D eigenvalue weighted by molar-refractivity contribution is -0.145. The molecule has 0 aromatic carbocycles. The fourth-order valence-electron chi connectivity index (χ4n) is 2.42. The lowest BCUT2D eigenvalue weighted by Crippen LogP contribution is -2.19. The maximum Gasteiger partial charge on any atom is 0.306 e. The van der Waals surface area contributed by atoms with Gasteiger partial charge >= 0.3 is 5.97 Å². The first-order valence-electron chi connectivity index (χ1n) is 5.60. The Balaban J connectivity index is 2.08. The molecule has 82 valence electrons. The third-order valence-electron chi connectivity index (χ3n) is 3.28. The molecule has 0 aromatic rings. The zero-order valence-electron chi connectivity index (χ0n) is 8.78. The summed E-state index contributed by atoms with van der Waals surface area (Å²) in [5.41, 5.74) is 0. The van der Waals surface area contributed by atoms with Gasteiger partial charge in [-0.1, -0.05) is 12.2 Å². The number of fused-ring (bicyclic) bond motifs is 1. The highest BCUT2D eigenvalue weighted by molar-refractivity contribution is 5.84. The van der Waals surface area contributed by atoms with E-state index in [0.717, 1.165) is 19.3 Å². The molecule has 0 saturated heterocycles. The fourth-order valence-corrected chi connectivity index (χ4v) is 2.42. The number of ketones is 1. The van der Waals surface area contributed by atoms with E-state index in [1.165, 1.54) is 0 Å². The largest absolute Gasteiger partial charge is 0.465 e. The van der Waals surface area contributed by atoms with Crippen molar-refractivity contribution in [2.45, 2.75) is 32.1 Å². The summed E-state index contributed by atoms with van der Waals surface area (Å²) in [4.78, 5) is 23.0. The normalized spacial score (nSPS) is 34.4. The van der Waals surface area contributed by atoms with Gasteiger partial charge in [0.05, 0.1) is 6.61 Å². The van der Waals surface area contributed by atoms with Crippen LogP contribution in [0.5, 0.6) is 0 Å². The number of ether oxygens (including phenoxy) is 1. The predicted octanol–water partition coefficient (Wildman–Crippen LogP) is 1.86. The first kappa shape index (κ1) is 10.4. The van der Waals surface area contributed by atoms with E-state index in [-0.39, 0.29) is 17.8 Å². The van der Waals surface area contributed by atoms with Crippen LogP contribution in [0, 0.1) is 11.8 Å². The Morgan fingerprint density at radius 1 is 1.27 bits per heavy atom. The molecule has 2 rings (SSSR count). The molecular weight excluding hydrogens is 192 g/mol. The molecule has 0 amide bonds. The second-order valence-corrected chi connectivity index (χ2v) is 4.29. The van der Waals surface area contributed by atoms with Crippen LogP contribution in [0.2, 0.25) is 0 Å². The van der Waals surface area contributed by atoms with Crippen molar-refractivity contribution in [1.29, 1.82) is 0 Å². The summed E-state index contributed by atoms with van der Waals surface area (Å²) in [6.45, 7) is 0.473. The number of carbonyl (C=O) groups is 2. The first-order chi connectivity index (χ1) is 7.27. The molecule has 0 bridgehead atoms. The van der Waals surface area contributed by atoms with Gasteiger partial charge in [0.25, 0.3) is 0 Å². The molecule has 2 aliphatic rings. The minimum Gasteiger partial charge on any atom is -0.465 e. The molecule has 2 atom stereocenters. The Morgan fingerprint density at radius 3 is 3.00 bits per heavy atom. The molecular formula is C12H16O3. The maximum absolute atomic E-state index is 11.6. The SMILES string of the molecule is O=C1CC2CCC(=O)C2C/C=C/CCO1. The van der Waals surface area contributed by atoms with E-state index in [2.05, 4.69) is 6.08 Å². The van der Waals surface area contributed by atoms with Gasteiger partial charge in [0.2, 0.25) is 0 Å². The Labute approximate surface area is 89.5 Å². The number of Topliss-reactive ketones (excluding diaryl/α,β-unsaturated/α-hetero) is 1. The van der Waals surface area contributed by atoms with Crippen molar-refractivity contribution in [2.24, 2.45) is 11.8 Å². The summed E-state index contributed by atoms with van der Waals surface area (Å²) in [5, 5.41) is 0. The number of rotatable bonds is 0. The Morgan fingerprint density at radius 2 is 2.13 bits per heavy atom.